The highest BCUT2D eigenvalue weighted by Gasteiger charge is 2.08. The van der Waals surface area contributed by atoms with Crippen molar-refractivity contribution in [1.82, 2.24) is 10.2 Å². The zero-order valence-electron chi connectivity index (χ0n) is 8.77. The summed E-state index contributed by atoms with van der Waals surface area (Å²) in [5.41, 5.74) is 8.09. The fourth-order valence-corrected chi connectivity index (χ4v) is 2.03. The van der Waals surface area contributed by atoms with Gasteiger partial charge >= 0.3 is 0 Å². The second kappa shape index (κ2) is 4.08. The number of aryl methyl sites for hydroxylation is 1. The van der Waals surface area contributed by atoms with Crippen molar-refractivity contribution in [2.24, 2.45) is 5.73 Å². The van der Waals surface area contributed by atoms with E-state index in [1.54, 1.807) is 11.3 Å². The highest BCUT2D eigenvalue weighted by Crippen LogP contribution is 2.25. The molecule has 0 saturated heterocycles. The Balaban J connectivity index is 2.33. The number of hydrogen-bond acceptors (Lipinski definition) is 4. The quantitative estimate of drug-likeness (QED) is 0.844. The molecule has 0 spiro atoms. The van der Waals surface area contributed by atoms with Gasteiger partial charge in [-0.2, -0.15) is 0 Å². The fraction of sp³-hybridized carbons (Fsp3) is 0.273. The van der Waals surface area contributed by atoms with Gasteiger partial charge in [0, 0.05) is 5.56 Å². The van der Waals surface area contributed by atoms with Gasteiger partial charge in [0.05, 0.1) is 6.04 Å². The maximum atomic E-state index is 5.74. The van der Waals surface area contributed by atoms with Crippen LogP contribution in [0.15, 0.2) is 24.3 Å². The number of benzene rings is 1. The van der Waals surface area contributed by atoms with Gasteiger partial charge in [0.25, 0.3) is 0 Å². The van der Waals surface area contributed by atoms with E-state index >= 15 is 0 Å². The first-order valence-electron chi connectivity index (χ1n) is 4.83. The minimum absolute atomic E-state index is 0.0401. The smallest absolute Gasteiger partial charge is 0.147 e. The molecule has 0 aliphatic carbocycles. The number of aromatic nitrogens is 2. The summed E-state index contributed by atoms with van der Waals surface area (Å²) in [5.74, 6) is 0. The molecule has 78 valence electrons. The molecule has 0 amide bonds. The largest absolute Gasteiger partial charge is 0.322 e. The van der Waals surface area contributed by atoms with Crippen molar-refractivity contribution in [3.8, 4) is 10.6 Å². The summed E-state index contributed by atoms with van der Waals surface area (Å²) in [6.45, 7) is 3.98. The Morgan fingerprint density at radius 1 is 1.20 bits per heavy atom. The fourth-order valence-electron chi connectivity index (χ4n) is 1.23. The molecule has 0 radical (unpaired) electrons. The third kappa shape index (κ3) is 2.22. The second-order valence-corrected chi connectivity index (χ2v) is 4.61. The summed E-state index contributed by atoms with van der Waals surface area (Å²) < 4.78 is 0. The molecule has 0 saturated carbocycles. The summed E-state index contributed by atoms with van der Waals surface area (Å²) in [6, 6.07) is 8.22. The number of nitrogens with zero attached hydrogens (tertiary/aromatic N) is 2. The molecule has 2 aromatic rings. The van der Waals surface area contributed by atoms with Gasteiger partial charge in [0.15, 0.2) is 0 Å². The van der Waals surface area contributed by atoms with Crippen molar-refractivity contribution < 1.29 is 0 Å². The van der Waals surface area contributed by atoms with Crippen LogP contribution in [0, 0.1) is 6.92 Å². The topological polar surface area (TPSA) is 51.8 Å². The standard InChI is InChI=1S/C11H13N3S/c1-7-3-5-9(6-4-7)11-14-13-10(15-11)8(2)12/h3-6,8H,12H2,1-2H3. The van der Waals surface area contributed by atoms with Crippen LogP contribution < -0.4 is 5.73 Å². The van der Waals surface area contributed by atoms with E-state index in [0.29, 0.717) is 0 Å². The lowest BCUT2D eigenvalue weighted by Gasteiger charge is -1.96. The summed E-state index contributed by atoms with van der Waals surface area (Å²) >= 11 is 1.55. The normalized spacial score (nSPS) is 12.7. The molecule has 1 unspecified atom stereocenters. The van der Waals surface area contributed by atoms with E-state index in [9.17, 15) is 0 Å². The molecule has 4 heteroatoms. The van der Waals surface area contributed by atoms with Crippen LogP contribution in [0.1, 0.15) is 23.5 Å². The molecular weight excluding hydrogens is 206 g/mol. The highest BCUT2D eigenvalue weighted by molar-refractivity contribution is 7.14. The molecule has 0 bridgehead atoms. The minimum atomic E-state index is -0.0401. The Labute approximate surface area is 93.0 Å². The van der Waals surface area contributed by atoms with Crippen LogP contribution in [0.5, 0.6) is 0 Å². The predicted octanol–water partition coefficient (Wildman–Crippen LogP) is 2.53. The zero-order valence-corrected chi connectivity index (χ0v) is 9.58. The van der Waals surface area contributed by atoms with Crippen LogP contribution in [0.4, 0.5) is 0 Å². The Hall–Kier alpha value is -1.26. The average molecular weight is 219 g/mol. The van der Waals surface area contributed by atoms with Gasteiger partial charge in [-0.3, -0.25) is 0 Å². The SMILES string of the molecule is Cc1ccc(-c2nnc(C(C)N)s2)cc1. The first-order chi connectivity index (χ1) is 7.16. The maximum absolute atomic E-state index is 5.74. The molecule has 0 aliphatic heterocycles. The number of hydrogen-bond donors (Lipinski definition) is 1. The third-order valence-electron chi connectivity index (χ3n) is 2.13. The van der Waals surface area contributed by atoms with Crippen LogP contribution in [-0.4, -0.2) is 10.2 Å². The van der Waals surface area contributed by atoms with E-state index in [0.717, 1.165) is 15.6 Å². The molecule has 0 aliphatic rings. The zero-order chi connectivity index (χ0) is 10.8. The maximum Gasteiger partial charge on any atom is 0.147 e. The molecule has 1 aromatic carbocycles. The van der Waals surface area contributed by atoms with E-state index < -0.39 is 0 Å². The van der Waals surface area contributed by atoms with Crippen LogP contribution in [-0.2, 0) is 0 Å². The number of nitrogens with two attached hydrogens (primary N) is 1. The predicted molar refractivity (Wildman–Crippen MR) is 62.7 cm³/mol. The molecule has 1 heterocycles. The van der Waals surface area contributed by atoms with Gasteiger partial charge in [-0.05, 0) is 13.8 Å². The Morgan fingerprint density at radius 3 is 2.40 bits per heavy atom. The average Bonchev–Trinajstić information content (AvgIpc) is 2.68. The van der Waals surface area contributed by atoms with Gasteiger partial charge in [0.1, 0.15) is 10.0 Å². The van der Waals surface area contributed by atoms with Gasteiger partial charge in [-0.1, -0.05) is 41.2 Å². The lowest BCUT2D eigenvalue weighted by Crippen LogP contribution is -2.03. The van der Waals surface area contributed by atoms with Crippen molar-refractivity contribution >= 4 is 11.3 Å². The van der Waals surface area contributed by atoms with Crippen molar-refractivity contribution in [3.05, 3.63) is 34.8 Å². The lowest BCUT2D eigenvalue weighted by molar-refractivity contribution is 0.786. The summed E-state index contributed by atoms with van der Waals surface area (Å²) in [4.78, 5) is 0. The van der Waals surface area contributed by atoms with Gasteiger partial charge in [-0.15, -0.1) is 10.2 Å². The van der Waals surface area contributed by atoms with E-state index in [4.69, 9.17) is 5.73 Å². The molecule has 1 atom stereocenters. The Morgan fingerprint density at radius 2 is 1.87 bits per heavy atom. The first kappa shape index (κ1) is 10.3. The van der Waals surface area contributed by atoms with E-state index in [1.807, 2.05) is 6.92 Å². The summed E-state index contributed by atoms with van der Waals surface area (Å²) in [7, 11) is 0. The summed E-state index contributed by atoms with van der Waals surface area (Å²) in [6.07, 6.45) is 0. The van der Waals surface area contributed by atoms with Crippen LogP contribution in [0.25, 0.3) is 10.6 Å². The summed E-state index contributed by atoms with van der Waals surface area (Å²) in [5, 5.41) is 10.00. The third-order valence-corrected chi connectivity index (χ3v) is 3.30. The van der Waals surface area contributed by atoms with Crippen molar-refractivity contribution in [2.45, 2.75) is 19.9 Å². The second-order valence-electron chi connectivity index (χ2n) is 3.60. The van der Waals surface area contributed by atoms with Gasteiger partial charge in [0.2, 0.25) is 0 Å². The van der Waals surface area contributed by atoms with Crippen LogP contribution in [0.3, 0.4) is 0 Å². The van der Waals surface area contributed by atoms with Crippen molar-refractivity contribution in [1.29, 1.82) is 0 Å². The first-order valence-corrected chi connectivity index (χ1v) is 5.64. The van der Waals surface area contributed by atoms with Crippen LogP contribution in [0.2, 0.25) is 0 Å². The van der Waals surface area contributed by atoms with Crippen molar-refractivity contribution in [2.75, 3.05) is 0 Å². The molecule has 2 N–H and O–H groups in total. The molecule has 2 rings (SSSR count). The molecule has 1 aromatic heterocycles. The molecule has 15 heavy (non-hydrogen) atoms. The van der Waals surface area contributed by atoms with Gasteiger partial charge in [-0.25, -0.2) is 0 Å². The van der Waals surface area contributed by atoms with E-state index in [1.165, 1.54) is 5.56 Å². The lowest BCUT2D eigenvalue weighted by atomic mass is 10.2. The van der Waals surface area contributed by atoms with Crippen LogP contribution >= 0.6 is 11.3 Å². The number of rotatable bonds is 2. The van der Waals surface area contributed by atoms with Gasteiger partial charge < -0.3 is 5.73 Å². The van der Waals surface area contributed by atoms with E-state index in [2.05, 4.69) is 41.4 Å². The monoisotopic (exact) mass is 219 g/mol. The molecule has 3 nitrogen and oxygen atoms in total. The molecule has 0 fully saturated rings. The van der Waals surface area contributed by atoms with E-state index in [-0.39, 0.29) is 6.04 Å². The Bertz CT molecular complexity index is 445. The Kier molecular flexibility index (Phi) is 2.79. The van der Waals surface area contributed by atoms with Crippen molar-refractivity contribution in [3.63, 3.8) is 0 Å². The molecular formula is C11H13N3S. The highest BCUT2D eigenvalue weighted by atomic mass is 32.1. The minimum Gasteiger partial charge on any atom is -0.322 e.